The highest BCUT2D eigenvalue weighted by Crippen LogP contribution is 2.19. The highest BCUT2D eigenvalue weighted by atomic mass is 35.5. The van der Waals surface area contributed by atoms with Crippen LogP contribution in [0.5, 0.6) is 0 Å². The fourth-order valence-electron chi connectivity index (χ4n) is 3.30. The van der Waals surface area contributed by atoms with Gasteiger partial charge in [0.15, 0.2) is 0 Å². The number of carbonyl (C=O) groups excluding carboxylic acids is 2. The van der Waals surface area contributed by atoms with Gasteiger partial charge >= 0.3 is 0 Å². The molecule has 7 heteroatoms. The Morgan fingerprint density at radius 3 is 2.56 bits per heavy atom. The van der Waals surface area contributed by atoms with Gasteiger partial charge in [0.1, 0.15) is 11.9 Å². The van der Waals surface area contributed by atoms with Crippen molar-refractivity contribution in [2.75, 3.05) is 0 Å². The number of benzene rings is 1. The van der Waals surface area contributed by atoms with Crippen LogP contribution in [0.25, 0.3) is 0 Å². The zero-order chi connectivity index (χ0) is 17.8. The molecule has 0 saturated heterocycles. The monoisotopic (exact) mass is 362 g/mol. The van der Waals surface area contributed by atoms with Gasteiger partial charge in [-0.2, -0.15) is 5.10 Å². The molecule has 0 bridgehead atoms. The minimum absolute atomic E-state index is 0.151. The number of hydrogen-bond donors (Lipinski definition) is 3. The number of nitrogens with one attached hydrogen (secondary N) is 3. The maximum Gasteiger partial charge on any atom is 0.268 e. The molecule has 6 nitrogen and oxygen atoms in total. The van der Waals surface area contributed by atoms with Crippen LogP contribution in [0.4, 0.5) is 0 Å². The van der Waals surface area contributed by atoms with Crippen molar-refractivity contribution in [3.8, 4) is 0 Å². The summed E-state index contributed by atoms with van der Waals surface area (Å²) in [5.41, 5.74) is 3.67. The predicted molar refractivity (Wildman–Crippen MR) is 97.5 cm³/mol. The van der Waals surface area contributed by atoms with E-state index < -0.39 is 6.17 Å². The first-order valence-corrected chi connectivity index (χ1v) is 9.13. The van der Waals surface area contributed by atoms with Gasteiger partial charge in [-0.15, -0.1) is 0 Å². The van der Waals surface area contributed by atoms with E-state index in [9.17, 15) is 9.59 Å². The number of hydrogen-bond acceptors (Lipinski definition) is 4. The van der Waals surface area contributed by atoms with E-state index in [1.165, 1.54) is 6.42 Å². The van der Waals surface area contributed by atoms with Gasteiger partial charge in [-0.3, -0.25) is 15.0 Å². The highest BCUT2D eigenvalue weighted by Gasteiger charge is 2.34. The molecule has 0 radical (unpaired) electrons. The molecular formula is C18H23ClN4O2. The van der Waals surface area contributed by atoms with Crippen LogP contribution in [0.2, 0.25) is 5.02 Å². The summed E-state index contributed by atoms with van der Waals surface area (Å²) in [5, 5.41) is 10.4. The molecule has 3 N–H and O–H groups in total. The van der Waals surface area contributed by atoms with E-state index in [0.29, 0.717) is 16.3 Å². The van der Waals surface area contributed by atoms with Gasteiger partial charge in [-0.1, -0.05) is 49.9 Å². The minimum Gasteiger partial charge on any atom is -0.348 e. The van der Waals surface area contributed by atoms with Crippen LogP contribution in [0.1, 0.15) is 49.4 Å². The van der Waals surface area contributed by atoms with E-state index in [1.807, 2.05) is 6.92 Å². The lowest BCUT2D eigenvalue weighted by atomic mass is 9.94. The van der Waals surface area contributed by atoms with Gasteiger partial charge in [-0.05, 0) is 25.0 Å². The second-order valence-corrected chi connectivity index (χ2v) is 7.06. The highest BCUT2D eigenvalue weighted by molar-refractivity contribution is 6.40. The van der Waals surface area contributed by atoms with Crippen LogP contribution in [-0.2, 0) is 4.79 Å². The quantitative estimate of drug-likeness (QED) is 0.769. The molecule has 2 atom stereocenters. The Morgan fingerprint density at radius 1 is 1.12 bits per heavy atom. The summed E-state index contributed by atoms with van der Waals surface area (Å²) in [5.74, 6) is -0.671. The summed E-state index contributed by atoms with van der Waals surface area (Å²) in [4.78, 5) is 24.8. The third-order valence-corrected chi connectivity index (χ3v) is 5.16. The molecule has 1 fully saturated rings. The summed E-state index contributed by atoms with van der Waals surface area (Å²) in [6.07, 6.45) is 5.15. The Kier molecular flexibility index (Phi) is 5.58. The molecule has 1 heterocycles. The summed E-state index contributed by atoms with van der Waals surface area (Å²) in [6, 6.07) is 7.09. The summed E-state index contributed by atoms with van der Waals surface area (Å²) < 4.78 is 0. The molecule has 1 aliphatic heterocycles. The smallest absolute Gasteiger partial charge is 0.268 e. The summed E-state index contributed by atoms with van der Waals surface area (Å²) >= 11 is 6.05. The first-order chi connectivity index (χ1) is 12.1. The zero-order valence-electron chi connectivity index (χ0n) is 14.2. The molecule has 0 aromatic heterocycles. The van der Waals surface area contributed by atoms with Crippen LogP contribution in [0, 0.1) is 5.92 Å². The van der Waals surface area contributed by atoms with Crippen molar-refractivity contribution >= 4 is 29.1 Å². The number of rotatable bonds is 4. The van der Waals surface area contributed by atoms with Crippen molar-refractivity contribution in [1.29, 1.82) is 0 Å². The van der Waals surface area contributed by atoms with Crippen molar-refractivity contribution in [3.63, 3.8) is 0 Å². The van der Waals surface area contributed by atoms with Crippen molar-refractivity contribution < 1.29 is 9.59 Å². The molecule has 1 aromatic rings. The summed E-state index contributed by atoms with van der Waals surface area (Å²) in [6.45, 7) is 1.87. The molecule has 2 unspecified atom stereocenters. The topological polar surface area (TPSA) is 82.6 Å². The van der Waals surface area contributed by atoms with Crippen LogP contribution >= 0.6 is 11.6 Å². The first kappa shape index (κ1) is 17.7. The minimum atomic E-state index is -0.434. The number of carbonyl (C=O) groups is 2. The molecule has 2 aliphatic rings. The molecule has 1 aromatic carbocycles. The van der Waals surface area contributed by atoms with Gasteiger partial charge in [0, 0.05) is 12.0 Å². The van der Waals surface area contributed by atoms with Gasteiger partial charge in [0.05, 0.1) is 10.6 Å². The number of halogens is 1. The molecule has 25 heavy (non-hydrogen) atoms. The fourth-order valence-corrected chi connectivity index (χ4v) is 3.52. The third-order valence-electron chi connectivity index (χ3n) is 4.83. The maximum absolute atomic E-state index is 12.5. The van der Waals surface area contributed by atoms with E-state index >= 15 is 0 Å². The SMILES string of the molecule is CC1C(C(=O)NC2CCCCC2)=NNC1NC(=O)c1ccccc1Cl. The van der Waals surface area contributed by atoms with Gasteiger partial charge in [0.2, 0.25) is 0 Å². The fraction of sp³-hybridized carbons (Fsp3) is 0.500. The zero-order valence-corrected chi connectivity index (χ0v) is 15.0. The summed E-state index contributed by atoms with van der Waals surface area (Å²) in [7, 11) is 0. The number of hydrazone groups is 1. The molecule has 3 rings (SSSR count). The van der Waals surface area contributed by atoms with E-state index in [4.69, 9.17) is 11.6 Å². The lowest BCUT2D eigenvalue weighted by molar-refractivity contribution is -0.115. The van der Waals surface area contributed by atoms with Crippen molar-refractivity contribution in [2.24, 2.45) is 11.0 Å². The van der Waals surface area contributed by atoms with Gasteiger partial charge in [0.25, 0.3) is 11.8 Å². The lowest BCUT2D eigenvalue weighted by Crippen LogP contribution is -2.48. The Bertz CT molecular complexity index is 685. The normalized spacial score (nSPS) is 23.5. The van der Waals surface area contributed by atoms with Crippen molar-refractivity contribution in [3.05, 3.63) is 34.9 Å². The van der Waals surface area contributed by atoms with Crippen molar-refractivity contribution in [2.45, 2.75) is 51.2 Å². The van der Waals surface area contributed by atoms with E-state index in [1.54, 1.807) is 24.3 Å². The number of nitrogens with zero attached hydrogens (tertiary/aromatic N) is 1. The van der Waals surface area contributed by atoms with Crippen LogP contribution in [0.3, 0.4) is 0 Å². The molecular weight excluding hydrogens is 340 g/mol. The average Bonchev–Trinajstić information content (AvgIpc) is 2.97. The lowest BCUT2D eigenvalue weighted by Gasteiger charge is -2.23. The van der Waals surface area contributed by atoms with Gasteiger partial charge < -0.3 is 10.6 Å². The molecule has 2 amide bonds. The molecule has 0 spiro atoms. The Morgan fingerprint density at radius 2 is 1.84 bits per heavy atom. The van der Waals surface area contributed by atoms with E-state index in [2.05, 4.69) is 21.2 Å². The second kappa shape index (κ2) is 7.87. The van der Waals surface area contributed by atoms with Crippen LogP contribution in [0.15, 0.2) is 29.4 Å². The Labute approximate surface area is 152 Å². The number of amides is 2. The molecule has 1 aliphatic carbocycles. The van der Waals surface area contributed by atoms with Crippen molar-refractivity contribution in [1.82, 2.24) is 16.1 Å². The first-order valence-electron chi connectivity index (χ1n) is 8.75. The second-order valence-electron chi connectivity index (χ2n) is 6.65. The van der Waals surface area contributed by atoms with Crippen LogP contribution < -0.4 is 16.1 Å². The Hall–Kier alpha value is -2.08. The van der Waals surface area contributed by atoms with E-state index in [-0.39, 0.29) is 23.8 Å². The maximum atomic E-state index is 12.5. The largest absolute Gasteiger partial charge is 0.348 e. The van der Waals surface area contributed by atoms with Gasteiger partial charge in [-0.25, -0.2) is 0 Å². The third kappa shape index (κ3) is 4.12. The van der Waals surface area contributed by atoms with E-state index in [0.717, 1.165) is 25.7 Å². The molecule has 1 saturated carbocycles. The predicted octanol–water partition coefficient (Wildman–Crippen LogP) is 2.44. The standard InChI is InChI=1S/C18H23ClN4O2/c1-11-15(18(25)20-12-7-3-2-4-8-12)22-23-16(11)21-17(24)13-9-5-6-10-14(13)19/h5-6,9-12,16,23H,2-4,7-8H2,1H3,(H,20,25)(H,21,24). The average molecular weight is 363 g/mol. The Balaban J connectivity index is 1.57. The molecule has 134 valence electrons. The van der Waals surface area contributed by atoms with Crippen LogP contribution in [-0.4, -0.2) is 29.7 Å².